The van der Waals surface area contributed by atoms with E-state index in [2.05, 4.69) is 10.0 Å². The molecule has 0 aliphatic carbocycles. The Bertz CT molecular complexity index is 552. The van der Waals surface area contributed by atoms with Crippen LogP contribution in [0.2, 0.25) is 0 Å². The molecule has 5 nitrogen and oxygen atoms in total. The van der Waals surface area contributed by atoms with Gasteiger partial charge in [0.05, 0.1) is 5.69 Å². The van der Waals surface area contributed by atoms with E-state index in [0.717, 1.165) is 31.2 Å². The molecule has 1 saturated heterocycles. The highest BCUT2D eigenvalue weighted by Gasteiger charge is 2.22. The highest BCUT2D eigenvalue weighted by Crippen LogP contribution is 2.20. The Hall–Kier alpha value is -1.11. The Morgan fingerprint density at radius 2 is 1.81 bits per heavy atom. The van der Waals surface area contributed by atoms with Crippen molar-refractivity contribution in [3.8, 4) is 0 Å². The van der Waals surface area contributed by atoms with Crippen LogP contribution in [0.5, 0.6) is 0 Å². The second-order valence-electron chi connectivity index (χ2n) is 5.56. The molecule has 1 aromatic rings. The Labute approximate surface area is 127 Å². The van der Waals surface area contributed by atoms with Gasteiger partial charge in [0.1, 0.15) is 0 Å². The summed E-state index contributed by atoms with van der Waals surface area (Å²) in [7, 11) is -1.56. The van der Waals surface area contributed by atoms with Gasteiger partial charge in [-0.2, -0.15) is 12.7 Å². The van der Waals surface area contributed by atoms with Crippen LogP contribution in [0.3, 0.4) is 0 Å². The molecular weight excluding hydrogens is 286 g/mol. The van der Waals surface area contributed by atoms with Crippen LogP contribution in [-0.2, 0) is 10.2 Å². The third-order valence-corrected chi connectivity index (χ3v) is 5.51. The van der Waals surface area contributed by atoms with Crippen molar-refractivity contribution in [1.82, 2.24) is 9.62 Å². The summed E-state index contributed by atoms with van der Waals surface area (Å²) in [5.74, 6) is 0. The highest BCUT2D eigenvalue weighted by atomic mass is 32.2. The second kappa shape index (κ2) is 7.24. The lowest BCUT2D eigenvalue weighted by Gasteiger charge is -2.21. The fraction of sp³-hybridized carbons (Fsp3) is 0.600. The minimum Gasteiger partial charge on any atom is -0.313 e. The van der Waals surface area contributed by atoms with E-state index < -0.39 is 10.2 Å². The van der Waals surface area contributed by atoms with Crippen molar-refractivity contribution in [3.05, 3.63) is 29.8 Å². The van der Waals surface area contributed by atoms with Gasteiger partial charge < -0.3 is 5.32 Å². The van der Waals surface area contributed by atoms with Gasteiger partial charge in [-0.05, 0) is 44.5 Å². The maximum absolute atomic E-state index is 12.5. The van der Waals surface area contributed by atoms with Crippen molar-refractivity contribution in [2.45, 2.75) is 38.6 Å². The molecule has 1 unspecified atom stereocenters. The third-order valence-electron chi connectivity index (χ3n) is 3.97. The van der Waals surface area contributed by atoms with E-state index in [9.17, 15) is 8.42 Å². The molecular formula is C15H25N3O2S. The summed E-state index contributed by atoms with van der Waals surface area (Å²) in [6.45, 7) is 3.27. The van der Waals surface area contributed by atoms with E-state index in [-0.39, 0.29) is 6.04 Å². The first kappa shape index (κ1) is 16.3. The van der Waals surface area contributed by atoms with Crippen molar-refractivity contribution in [1.29, 1.82) is 0 Å². The fourth-order valence-corrected chi connectivity index (χ4v) is 3.83. The SMILES string of the molecule is CNC(C)c1cccc(NS(=O)(=O)N2CCCCCC2)c1. The molecule has 1 aliphatic rings. The van der Waals surface area contributed by atoms with Crippen LogP contribution in [0.15, 0.2) is 24.3 Å². The Kier molecular flexibility index (Phi) is 5.61. The number of hydrogen-bond donors (Lipinski definition) is 2. The summed E-state index contributed by atoms with van der Waals surface area (Å²) < 4.78 is 29.2. The molecule has 0 radical (unpaired) electrons. The van der Waals surface area contributed by atoms with Crippen LogP contribution >= 0.6 is 0 Å². The smallest absolute Gasteiger partial charge is 0.301 e. The topological polar surface area (TPSA) is 61.4 Å². The molecule has 0 saturated carbocycles. The molecule has 1 atom stereocenters. The number of anilines is 1. The standard InChI is InChI=1S/C15H25N3O2S/c1-13(16-2)14-8-7-9-15(12-14)17-21(19,20)18-10-5-3-4-6-11-18/h7-9,12-13,16-17H,3-6,10-11H2,1-2H3. The van der Waals surface area contributed by atoms with Crippen LogP contribution in [0.4, 0.5) is 5.69 Å². The summed E-state index contributed by atoms with van der Waals surface area (Å²) >= 11 is 0. The van der Waals surface area contributed by atoms with Crippen molar-refractivity contribution < 1.29 is 8.42 Å². The minimum absolute atomic E-state index is 0.188. The second-order valence-corrected chi connectivity index (χ2v) is 7.23. The maximum atomic E-state index is 12.5. The molecule has 118 valence electrons. The first-order valence-corrected chi connectivity index (χ1v) is 9.02. The molecule has 2 N–H and O–H groups in total. The molecule has 21 heavy (non-hydrogen) atoms. The van der Waals surface area contributed by atoms with E-state index in [1.807, 2.05) is 32.2 Å². The lowest BCUT2D eigenvalue weighted by Crippen LogP contribution is -2.36. The van der Waals surface area contributed by atoms with Gasteiger partial charge >= 0.3 is 10.2 Å². The van der Waals surface area contributed by atoms with E-state index in [1.165, 1.54) is 0 Å². The predicted molar refractivity (Wildman–Crippen MR) is 86.5 cm³/mol. The molecule has 1 fully saturated rings. The minimum atomic E-state index is -3.45. The highest BCUT2D eigenvalue weighted by molar-refractivity contribution is 7.90. The quantitative estimate of drug-likeness (QED) is 0.878. The van der Waals surface area contributed by atoms with Crippen LogP contribution in [0.25, 0.3) is 0 Å². The lowest BCUT2D eigenvalue weighted by molar-refractivity contribution is 0.427. The number of hydrogen-bond acceptors (Lipinski definition) is 3. The van der Waals surface area contributed by atoms with E-state index in [1.54, 1.807) is 10.4 Å². The van der Waals surface area contributed by atoms with Gasteiger partial charge in [0.15, 0.2) is 0 Å². The lowest BCUT2D eigenvalue weighted by atomic mass is 10.1. The molecule has 0 spiro atoms. The molecule has 0 bridgehead atoms. The normalized spacial score (nSPS) is 19.0. The van der Waals surface area contributed by atoms with E-state index in [0.29, 0.717) is 18.8 Å². The number of nitrogens with one attached hydrogen (secondary N) is 2. The van der Waals surface area contributed by atoms with Gasteiger partial charge in [-0.3, -0.25) is 4.72 Å². The van der Waals surface area contributed by atoms with Gasteiger partial charge in [-0.1, -0.05) is 25.0 Å². The van der Waals surface area contributed by atoms with E-state index in [4.69, 9.17) is 0 Å². The first-order chi connectivity index (χ1) is 10.0. The molecule has 0 amide bonds. The largest absolute Gasteiger partial charge is 0.313 e. The van der Waals surface area contributed by atoms with Gasteiger partial charge in [0.25, 0.3) is 0 Å². The van der Waals surface area contributed by atoms with Gasteiger partial charge in [-0.25, -0.2) is 0 Å². The predicted octanol–water partition coefficient (Wildman–Crippen LogP) is 2.50. The zero-order chi connectivity index (χ0) is 15.3. The molecule has 0 aromatic heterocycles. The van der Waals surface area contributed by atoms with E-state index >= 15 is 0 Å². The van der Waals surface area contributed by atoms with Crippen molar-refractivity contribution in [2.24, 2.45) is 0 Å². The molecule has 1 aromatic carbocycles. The molecule has 1 aliphatic heterocycles. The summed E-state index contributed by atoms with van der Waals surface area (Å²) in [6.07, 6.45) is 4.11. The summed E-state index contributed by atoms with van der Waals surface area (Å²) in [5, 5.41) is 3.16. The average molecular weight is 311 g/mol. The van der Waals surface area contributed by atoms with Crippen molar-refractivity contribution in [2.75, 3.05) is 24.9 Å². The number of rotatable bonds is 5. The van der Waals surface area contributed by atoms with Crippen LogP contribution in [0.1, 0.15) is 44.2 Å². The zero-order valence-electron chi connectivity index (χ0n) is 12.8. The van der Waals surface area contributed by atoms with Crippen LogP contribution in [-0.4, -0.2) is 32.9 Å². The van der Waals surface area contributed by atoms with Gasteiger partial charge in [0.2, 0.25) is 0 Å². The van der Waals surface area contributed by atoms with Crippen molar-refractivity contribution in [3.63, 3.8) is 0 Å². The van der Waals surface area contributed by atoms with Gasteiger partial charge in [-0.15, -0.1) is 0 Å². The van der Waals surface area contributed by atoms with Crippen molar-refractivity contribution >= 4 is 15.9 Å². The Morgan fingerprint density at radius 3 is 2.43 bits per heavy atom. The monoisotopic (exact) mass is 311 g/mol. The summed E-state index contributed by atoms with van der Waals surface area (Å²) in [5.41, 5.74) is 1.69. The fourth-order valence-electron chi connectivity index (χ4n) is 2.53. The number of benzene rings is 1. The maximum Gasteiger partial charge on any atom is 0.301 e. The Morgan fingerprint density at radius 1 is 1.14 bits per heavy atom. The summed E-state index contributed by atoms with van der Waals surface area (Å²) in [6, 6.07) is 7.74. The molecule has 1 heterocycles. The average Bonchev–Trinajstić information content (AvgIpc) is 2.76. The third kappa shape index (κ3) is 4.43. The molecule has 2 rings (SSSR count). The molecule has 6 heteroatoms. The van der Waals surface area contributed by atoms with Crippen LogP contribution < -0.4 is 10.0 Å². The first-order valence-electron chi connectivity index (χ1n) is 7.58. The van der Waals surface area contributed by atoms with Gasteiger partial charge in [0, 0.05) is 19.1 Å². The summed E-state index contributed by atoms with van der Waals surface area (Å²) in [4.78, 5) is 0. The Balaban J connectivity index is 2.12. The van der Waals surface area contributed by atoms with Crippen LogP contribution in [0, 0.1) is 0 Å². The number of nitrogens with zero attached hydrogens (tertiary/aromatic N) is 1. The zero-order valence-corrected chi connectivity index (χ0v) is 13.6.